The molecule has 1 N–H and O–H groups in total. The van der Waals surface area contributed by atoms with Gasteiger partial charge in [0.2, 0.25) is 5.88 Å². The summed E-state index contributed by atoms with van der Waals surface area (Å²) in [4.78, 5) is 14.7. The average Bonchev–Trinajstić information content (AvgIpc) is 2.56. The smallest absolute Gasteiger partial charge is 0.228 e. The molecule has 2 aliphatic rings. The predicted molar refractivity (Wildman–Crippen MR) is 81.4 cm³/mol. The van der Waals surface area contributed by atoms with Crippen LogP contribution in [-0.4, -0.2) is 43.8 Å². The molecule has 1 aromatic heterocycles. The van der Waals surface area contributed by atoms with Crippen LogP contribution in [0.4, 0.5) is 0 Å². The first kappa shape index (κ1) is 14.7. The van der Waals surface area contributed by atoms with Gasteiger partial charge in [-0.15, -0.1) is 0 Å². The Hall–Kier alpha value is -1.18. The lowest BCUT2D eigenvalue weighted by Gasteiger charge is -2.30. The number of hydrogen-bond acceptors (Lipinski definition) is 6. The van der Waals surface area contributed by atoms with E-state index in [-0.39, 0.29) is 6.04 Å². The molecular weight excluding hydrogens is 338 g/mol. The number of halogens is 1. The molecule has 7 heteroatoms. The minimum atomic E-state index is 0.154. The van der Waals surface area contributed by atoms with Gasteiger partial charge in [0, 0.05) is 13.2 Å². The van der Waals surface area contributed by atoms with E-state index in [0.29, 0.717) is 29.9 Å². The third kappa shape index (κ3) is 3.36. The Morgan fingerprint density at radius 2 is 2.14 bits per heavy atom. The molecule has 21 heavy (non-hydrogen) atoms. The van der Waals surface area contributed by atoms with Crippen LogP contribution >= 0.6 is 15.9 Å². The quantitative estimate of drug-likeness (QED) is 0.897. The van der Waals surface area contributed by atoms with Crippen molar-refractivity contribution in [1.82, 2.24) is 10.5 Å². The van der Waals surface area contributed by atoms with Crippen LogP contribution in [0.15, 0.2) is 21.6 Å². The number of methoxy groups -OCH3 is 1. The van der Waals surface area contributed by atoms with E-state index in [1.807, 2.05) is 12.1 Å². The van der Waals surface area contributed by atoms with Crippen LogP contribution in [0.2, 0.25) is 0 Å². The molecule has 0 aliphatic carbocycles. The van der Waals surface area contributed by atoms with Gasteiger partial charge in [0.05, 0.1) is 24.2 Å². The van der Waals surface area contributed by atoms with E-state index >= 15 is 0 Å². The molecule has 1 aromatic rings. The van der Waals surface area contributed by atoms with Gasteiger partial charge in [-0.05, 0) is 46.8 Å². The standard InChI is InChI=1S/C14H18BrN3O3/c1-19-14-10(15)2-3-11(17-14)13-16-12(8-21-18-13)9-4-6-20-7-5-9/h2-3,9,12H,4-8H2,1H3,(H,16,18). The number of nitrogens with zero attached hydrogens (tertiary/aromatic N) is 2. The fraction of sp³-hybridized carbons (Fsp3) is 0.571. The van der Waals surface area contributed by atoms with Gasteiger partial charge in [0.25, 0.3) is 0 Å². The van der Waals surface area contributed by atoms with Crippen molar-refractivity contribution in [2.45, 2.75) is 18.9 Å². The summed E-state index contributed by atoms with van der Waals surface area (Å²) in [6.07, 6.45) is 2.06. The number of hydrogen-bond donors (Lipinski definition) is 1. The van der Waals surface area contributed by atoms with Crippen LogP contribution in [-0.2, 0) is 9.57 Å². The minimum absolute atomic E-state index is 0.154. The summed E-state index contributed by atoms with van der Waals surface area (Å²) >= 11 is 3.40. The van der Waals surface area contributed by atoms with E-state index in [9.17, 15) is 0 Å². The Morgan fingerprint density at radius 3 is 2.90 bits per heavy atom. The maximum Gasteiger partial charge on any atom is 0.228 e. The Kier molecular flexibility index (Phi) is 4.72. The molecule has 2 aliphatic heterocycles. The Bertz CT molecular complexity index is 532. The zero-order valence-corrected chi connectivity index (χ0v) is 13.4. The van der Waals surface area contributed by atoms with Gasteiger partial charge in [0.15, 0.2) is 5.84 Å². The van der Waals surface area contributed by atoms with Gasteiger partial charge in [-0.2, -0.15) is 0 Å². The first-order chi connectivity index (χ1) is 10.3. The van der Waals surface area contributed by atoms with E-state index < -0.39 is 0 Å². The fourth-order valence-corrected chi connectivity index (χ4v) is 2.97. The van der Waals surface area contributed by atoms with Crippen molar-refractivity contribution in [3.05, 3.63) is 22.3 Å². The highest BCUT2D eigenvalue weighted by Crippen LogP contribution is 2.25. The van der Waals surface area contributed by atoms with Gasteiger partial charge in [-0.3, -0.25) is 9.83 Å². The van der Waals surface area contributed by atoms with E-state index in [0.717, 1.165) is 30.5 Å². The first-order valence-electron chi connectivity index (χ1n) is 7.02. The fourth-order valence-electron chi connectivity index (χ4n) is 2.58. The maximum absolute atomic E-state index is 5.49. The molecule has 1 atom stereocenters. The van der Waals surface area contributed by atoms with Crippen LogP contribution in [0, 0.1) is 5.92 Å². The first-order valence-corrected chi connectivity index (χ1v) is 7.81. The van der Waals surface area contributed by atoms with Gasteiger partial charge >= 0.3 is 0 Å². The van der Waals surface area contributed by atoms with E-state index in [1.54, 1.807) is 7.11 Å². The zero-order chi connectivity index (χ0) is 14.7. The molecule has 0 radical (unpaired) electrons. The van der Waals surface area contributed by atoms with E-state index in [4.69, 9.17) is 19.3 Å². The lowest BCUT2D eigenvalue weighted by atomic mass is 9.92. The minimum Gasteiger partial charge on any atom is -0.480 e. The highest BCUT2D eigenvalue weighted by Gasteiger charge is 2.27. The monoisotopic (exact) mass is 355 g/mol. The lowest BCUT2D eigenvalue weighted by molar-refractivity contribution is 0.0146. The van der Waals surface area contributed by atoms with Crippen molar-refractivity contribution < 1.29 is 14.3 Å². The molecule has 0 saturated carbocycles. The number of aromatic nitrogens is 1. The van der Waals surface area contributed by atoms with Crippen molar-refractivity contribution in [2.75, 3.05) is 26.9 Å². The molecule has 6 nitrogen and oxygen atoms in total. The number of ether oxygens (including phenoxy) is 2. The number of amidine groups is 1. The summed E-state index contributed by atoms with van der Waals surface area (Å²) in [6, 6.07) is 3.93. The van der Waals surface area contributed by atoms with Gasteiger partial charge < -0.3 is 9.47 Å². The highest BCUT2D eigenvalue weighted by molar-refractivity contribution is 9.10. The molecule has 1 fully saturated rings. The van der Waals surface area contributed by atoms with Crippen LogP contribution in [0.5, 0.6) is 5.88 Å². The topological polar surface area (TPSA) is 65.0 Å². The molecular formula is C14H18BrN3O3. The molecule has 1 unspecified atom stereocenters. The van der Waals surface area contributed by atoms with Crippen LogP contribution in [0.25, 0.3) is 0 Å². The average molecular weight is 356 g/mol. The Morgan fingerprint density at radius 1 is 1.33 bits per heavy atom. The normalized spacial score (nSPS) is 23.3. The summed E-state index contributed by atoms with van der Waals surface area (Å²) in [7, 11) is 1.59. The van der Waals surface area contributed by atoms with E-state index in [1.165, 1.54) is 0 Å². The van der Waals surface area contributed by atoms with Crippen LogP contribution in [0.1, 0.15) is 18.5 Å². The second-order valence-electron chi connectivity index (χ2n) is 5.10. The number of aliphatic imine (C=N–C) groups is 1. The third-order valence-corrected chi connectivity index (χ3v) is 4.38. The second kappa shape index (κ2) is 6.72. The summed E-state index contributed by atoms with van der Waals surface area (Å²) in [5.74, 6) is 1.70. The Labute approximate surface area is 132 Å². The van der Waals surface area contributed by atoms with Crippen molar-refractivity contribution in [1.29, 1.82) is 0 Å². The van der Waals surface area contributed by atoms with Gasteiger partial charge in [0.1, 0.15) is 5.69 Å². The number of pyridine rings is 1. The molecule has 0 aromatic carbocycles. The molecule has 0 spiro atoms. The largest absolute Gasteiger partial charge is 0.480 e. The molecule has 3 rings (SSSR count). The number of hydroxylamine groups is 1. The van der Waals surface area contributed by atoms with Crippen molar-refractivity contribution in [3.8, 4) is 5.88 Å². The van der Waals surface area contributed by atoms with Gasteiger partial charge in [-0.25, -0.2) is 10.5 Å². The number of rotatable bonds is 3. The summed E-state index contributed by atoms with van der Waals surface area (Å²) in [6.45, 7) is 2.20. The molecule has 0 amide bonds. The van der Waals surface area contributed by atoms with Crippen molar-refractivity contribution in [3.63, 3.8) is 0 Å². The zero-order valence-electron chi connectivity index (χ0n) is 11.8. The maximum atomic E-state index is 5.49. The Balaban J connectivity index is 1.81. The van der Waals surface area contributed by atoms with Crippen molar-refractivity contribution >= 4 is 21.8 Å². The van der Waals surface area contributed by atoms with Crippen LogP contribution < -0.4 is 10.2 Å². The number of nitrogens with one attached hydrogen (secondary N) is 1. The summed E-state index contributed by atoms with van der Waals surface area (Å²) in [5.41, 5.74) is 3.58. The highest BCUT2D eigenvalue weighted by atomic mass is 79.9. The predicted octanol–water partition coefficient (Wildman–Crippen LogP) is 1.93. The van der Waals surface area contributed by atoms with Crippen LogP contribution in [0.3, 0.4) is 0 Å². The van der Waals surface area contributed by atoms with Crippen molar-refractivity contribution in [2.24, 2.45) is 10.9 Å². The third-order valence-electron chi connectivity index (χ3n) is 3.78. The van der Waals surface area contributed by atoms with E-state index in [2.05, 4.69) is 26.4 Å². The molecule has 3 heterocycles. The molecule has 0 bridgehead atoms. The lowest BCUT2D eigenvalue weighted by Crippen LogP contribution is -2.40. The summed E-state index contributed by atoms with van der Waals surface area (Å²) < 4.78 is 11.4. The molecule has 1 saturated heterocycles. The SMILES string of the molecule is COc1nc(C2=NC(C3CCOCC3)CON2)ccc1Br. The summed E-state index contributed by atoms with van der Waals surface area (Å²) in [5, 5.41) is 0. The molecule has 114 valence electrons. The second-order valence-corrected chi connectivity index (χ2v) is 5.95. The van der Waals surface area contributed by atoms with Gasteiger partial charge in [-0.1, -0.05) is 0 Å².